The number of hydrogen-bond donors (Lipinski definition) is 2. The molecule has 2 aliphatic heterocycles. The van der Waals surface area contributed by atoms with Gasteiger partial charge in [-0.3, -0.25) is 19.4 Å². The minimum absolute atomic E-state index is 0.0910. The van der Waals surface area contributed by atoms with Crippen LogP contribution in [0.25, 0.3) is 0 Å². The topological polar surface area (TPSA) is 99.2 Å². The highest BCUT2D eigenvalue weighted by molar-refractivity contribution is 6.05. The molecule has 0 saturated carbocycles. The van der Waals surface area contributed by atoms with Crippen molar-refractivity contribution < 1.29 is 14.8 Å². The molecule has 88 valence electrons. The van der Waals surface area contributed by atoms with Gasteiger partial charge in [0.1, 0.15) is 0 Å². The molecule has 16 heavy (non-hydrogen) atoms. The summed E-state index contributed by atoms with van der Waals surface area (Å²) in [6.07, 6.45) is 0. The Hall–Kier alpha value is -1.63. The van der Waals surface area contributed by atoms with Crippen LogP contribution in [0, 0.1) is 11.8 Å². The van der Waals surface area contributed by atoms with Crippen LogP contribution in [0.2, 0.25) is 0 Å². The van der Waals surface area contributed by atoms with Gasteiger partial charge in [-0.1, -0.05) is 5.16 Å². The third-order valence-electron chi connectivity index (χ3n) is 3.21. The van der Waals surface area contributed by atoms with Crippen LogP contribution in [0.15, 0.2) is 5.16 Å². The number of likely N-dealkylation sites (tertiary alicyclic amines) is 2. The monoisotopic (exact) mass is 226 g/mol. The van der Waals surface area contributed by atoms with Gasteiger partial charge >= 0.3 is 0 Å². The first-order chi connectivity index (χ1) is 7.54. The van der Waals surface area contributed by atoms with Crippen LogP contribution >= 0.6 is 0 Å². The Balaban J connectivity index is 2.05. The number of carbonyl (C=O) groups excluding carboxylic acids is 2. The first-order valence-corrected chi connectivity index (χ1v) is 5.04. The second kappa shape index (κ2) is 3.75. The van der Waals surface area contributed by atoms with E-state index < -0.39 is 0 Å². The molecule has 0 aromatic heterocycles. The van der Waals surface area contributed by atoms with Gasteiger partial charge in [-0.05, 0) is 0 Å². The molecule has 2 rings (SSSR count). The van der Waals surface area contributed by atoms with E-state index >= 15 is 0 Å². The summed E-state index contributed by atoms with van der Waals surface area (Å²) in [4.78, 5) is 26.4. The summed E-state index contributed by atoms with van der Waals surface area (Å²) in [5.74, 6) is -0.685. The van der Waals surface area contributed by atoms with Crippen molar-refractivity contribution in [3.63, 3.8) is 0 Å². The van der Waals surface area contributed by atoms with Crippen LogP contribution in [0.3, 0.4) is 0 Å². The van der Waals surface area contributed by atoms with E-state index in [0.717, 1.165) is 0 Å². The molecule has 2 heterocycles. The van der Waals surface area contributed by atoms with E-state index in [4.69, 9.17) is 10.9 Å². The predicted molar refractivity (Wildman–Crippen MR) is 54.6 cm³/mol. The average molecular weight is 226 g/mol. The van der Waals surface area contributed by atoms with Gasteiger partial charge in [0.25, 0.3) is 0 Å². The highest BCUT2D eigenvalue weighted by Crippen LogP contribution is 2.32. The Morgan fingerprint density at radius 1 is 1.44 bits per heavy atom. The van der Waals surface area contributed by atoms with Crippen LogP contribution < -0.4 is 5.73 Å². The number of rotatable bonds is 2. The lowest BCUT2D eigenvalue weighted by Crippen LogP contribution is -2.37. The summed E-state index contributed by atoms with van der Waals surface area (Å²) < 4.78 is 0. The highest BCUT2D eigenvalue weighted by Gasteiger charge is 2.50. The smallest absolute Gasteiger partial charge is 0.234 e. The van der Waals surface area contributed by atoms with E-state index in [1.165, 1.54) is 11.9 Å². The third-order valence-corrected chi connectivity index (χ3v) is 3.21. The lowest BCUT2D eigenvalue weighted by Gasteiger charge is -2.17. The average Bonchev–Trinajstić information content (AvgIpc) is 2.76. The quantitative estimate of drug-likeness (QED) is 0.192. The normalized spacial score (nSPS) is 31.3. The zero-order chi connectivity index (χ0) is 11.9. The van der Waals surface area contributed by atoms with Gasteiger partial charge in [-0.2, -0.15) is 0 Å². The van der Waals surface area contributed by atoms with Crippen molar-refractivity contribution in [3.05, 3.63) is 0 Å². The number of hydrogen-bond acceptors (Lipinski definition) is 5. The number of nitrogens with zero attached hydrogens (tertiary/aromatic N) is 3. The summed E-state index contributed by atoms with van der Waals surface area (Å²) in [5.41, 5.74) is 5.38. The molecule has 2 fully saturated rings. The van der Waals surface area contributed by atoms with Crippen molar-refractivity contribution in [1.82, 2.24) is 9.80 Å². The van der Waals surface area contributed by atoms with Gasteiger partial charge in [0.05, 0.1) is 18.4 Å². The van der Waals surface area contributed by atoms with Gasteiger partial charge in [0, 0.05) is 20.1 Å². The Bertz CT molecular complexity index is 344. The molecule has 0 unspecified atom stereocenters. The van der Waals surface area contributed by atoms with Crippen molar-refractivity contribution in [3.8, 4) is 0 Å². The van der Waals surface area contributed by atoms with Gasteiger partial charge in [0.2, 0.25) is 11.8 Å². The van der Waals surface area contributed by atoms with Gasteiger partial charge < -0.3 is 10.9 Å². The number of amidine groups is 1. The third kappa shape index (κ3) is 1.53. The van der Waals surface area contributed by atoms with E-state index in [1.54, 1.807) is 0 Å². The lowest BCUT2D eigenvalue weighted by molar-refractivity contribution is -0.138. The molecule has 0 radical (unpaired) electrons. The van der Waals surface area contributed by atoms with Crippen molar-refractivity contribution in [2.75, 3.05) is 26.7 Å². The Kier molecular flexibility index (Phi) is 2.55. The molecule has 0 spiro atoms. The maximum absolute atomic E-state index is 11.7. The Morgan fingerprint density at radius 3 is 2.38 bits per heavy atom. The molecule has 2 saturated heterocycles. The molecule has 0 bridgehead atoms. The minimum Gasteiger partial charge on any atom is -0.409 e. The standard InChI is InChI=1S/C9H14N4O3/c1-12-8(14)5-2-13(4-7(10)11-16)3-6(5)9(12)15/h5-6,16H,2-4H2,1H3,(H2,10,11)/t5-,6-/m0/s1. The molecule has 7 heteroatoms. The van der Waals surface area contributed by atoms with Crippen LogP contribution in [-0.2, 0) is 9.59 Å². The maximum Gasteiger partial charge on any atom is 0.234 e. The molecule has 0 aromatic carbocycles. The lowest BCUT2D eigenvalue weighted by atomic mass is 10.00. The largest absolute Gasteiger partial charge is 0.409 e. The van der Waals surface area contributed by atoms with Crippen LogP contribution in [0.5, 0.6) is 0 Å². The van der Waals surface area contributed by atoms with Crippen molar-refractivity contribution in [2.24, 2.45) is 22.7 Å². The first kappa shape index (κ1) is 10.9. The molecular formula is C9H14N4O3. The second-order valence-electron chi connectivity index (χ2n) is 4.23. The van der Waals surface area contributed by atoms with Crippen molar-refractivity contribution in [2.45, 2.75) is 0 Å². The summed E-state index contributed by atoms with van der Waals surface area (Å²) in [5, 5.41) is 11.3. The fraction of sp³-hybridized carbons (Fsp3) is 0.667. The molecule has 2 atom stereocenters. The number of imide groups is 1. The Morgan fingerprint density at radius 2 is 1.94 bits per heavy atom. The number of oxime groups is 1. The summed E-state index contributed by atoms with van der Waals surface area (Å²) in [7, 11) is 1.51. The van der Waals surface area contributed by atoms with E-state index in [1.807, 2.05) is 4.90 Å². The highest BCUT2D eigenvalue weighted by atomic mass is 16.4. The molecule has 0 aliphatic carbocycles. The molecule has 7 nitrogen and oxygen atoms in total. The van der Waals surface area contributed by atoms with E-state index in [2.05, 4.69) is 5.16 Å². The SMILES string of the molecule is CN1C(=O)[C@H]2CN(CC(N)=NO)C[C@@H]2C1=O. The second-order valence-corrected chi connectivity index (χ2v) is 4.23. The Labute approximate surface area is 92.5 Å². The van der Waals surface area contributed by atoms with E-state index in [0.29, 0.717) is 13.1 Å². The fourth-order valence-electron chi connectivity index (χ4n) is 2.38. The van der Waals surface area contributed by atoms with E-state index in [-0.39, 0.29) is 36.0 Å². The summed E-state index contributed by atoms with van der Waals surface area (Å²) >= 11 is 0. The first-order valence-electron chi connectivity index (χ1n) is 5.04. The van der Waals surface area contributed by atoms with Crippen molar-refractivity contribution in [1.29, 1.82) is 0 Å². The van der Waals surface area contributed by atoms with Crippen molar-refractivity contribution >= 4 is 17.6 Å². The number of amides is 2. The fourth-order valence-corrected chi connectivity index (χ4v) is 2.38. The molecule has 2 amide bonds. The maximum atomic E-state index is 11.7. The minimum atomic E-state index is -0.260. The van der Waals surface area contributed by atoms with Crippen LogP contribution in [0.4, 0.5) is 0 Å². The molecule has 0 aromatic rings. The summed E-state index contributed by atoms with van der Waals surface area (Å²) in [6.45, 7) is 1.28. The van der Waals surface area contributed by atoms with Gasteiger partial charge in [-0.15, -0.1) is 0 Å². The summed E-state index contributed by atoms with van der Waals surface area (Å²) in [6, 6.07) is 0. The van der Waals surface area contributed by atoms with Crippen LogP contribution in [-0.4, -0.2) is 59.3 Å². The zero-order valence-electron chi connectivity index (χ0n) is 8.96. The van der Waals surface area contributed by atoms with E-state index in [9.17, 15) is 9.59 Å². The number of nitrogens with two attached hydrogens (primary N) is 1. The van der Waals surface area contributed by atoms with Gasteiger partial charge in [-0.25, -0.2) is 0 Å². The molecular weight excluding hydrogens is 212 g/mol. The number of fused-ring (bicyclic) bond motifs is 1. The van der Waals surface area contributed by atoms with Gasteiger partial charge in [0.15, 0.2) is 5.84 Å². The number of carbonyl (C=O) groups is 2. The predicted octanol–water partition coefficient (Wildman–Crippen LogP) is -1.72. The zero-order valence-corrected chi connectivity index (χ0v) is 8.96. The molecule has 2 aliphatic rings. The van der Waals surface area contributed by atoms with Crippen LogP contribution in [0.1, 0.15) is 0 Å². The molecule has 3 N–H and O–H groups in total.